The molecular formula is C21H23FN4O2S. The average Bonchev–Trinajstić information content (AvgIpc) is 3.07. The van der Waals surface area contributed by atoms with Crippen LogP contribution in [-0.2, 0) is 11.3 Å². The van der Waals surface area contributed by atoms with Crippen molar-refractivity contribution in [2.75, 3.05) is 26.0 Å². The summed E-state index contributed by atoms with van der Waals surface area (Å²) in [4.78, 5) is 14.0. The molecule has 0 saturated carbocycles. The summed E-state index contributed by atoms with van der Waals surface area (Å²) in [6.45, 7) is 3.14. The highest BCUT2D eigenvalue weighted by molar-refractivity contribution is 7.99. The first-order chi connectivity index (χ1) is 14.0. The Bertz CT molecular complexity index is 949. The van der Waals surface area contributed by atoms with Gasteiger partial charge in [-0.1, -0.05) is 54.2 Å². The summed E-state index contributed by atoms with van der Waals surface area (Å²) < 4.78 is 21.0. The third-order valence-corrected chi connectivity index (χ3v) is 5.31. The van der Waals surface area contributed by atoms with Crippen LogP contribution < -0.4 is 4.74 Å². The molecule has 0 aliphatic heterocycles. The van der Waals surface area contributed by atoms with Gasteiger partial charge in [0.05, 0.1) is 18.8 Å². The first kappa shape index (κ1) is 20.9. The molecule has 0 aliphatic rings. The van der Waals surface area contributed by atoms with Crippen LogP contribution in [0.4, 0.5) is 4.39 Å². The van der Waals surface area contributed by atoms with Gasteiger partial charge in [0, 0.05) is 7.05 Å². The Balaban J connectivity index is 1.49. The van der Waals surface area contributed by atoms with Crippen molar-refractivity contribution in [3.8, 4) is 5.75 Å². The lowest BCUT2D eigenvalue weighted by Gasteiger charge is -2.17. The number of ether oxygens (including phenoxy) is 1. The number of benzene rings is 2. The fourth-order valence-electron chi connectivity index (χ4n) is 2.63. The van der Waals surface area contributed by atoms with Crippen LogP contribution in [0.1, 0.15) is 11.4 Å². The van der Waals surface area contributed by atoms with Gasteiger partial charge in [0.1, 0.15) is 12.4 Å². The standard InChI is InChI=1S/C21H23FN4O2S/c1-16-23-24-21(26(16)14-17-8-4-3-5-9-17)29-15-20(27)25(2)12-13-28-19-11-7-6-10-18(19)22/h3-11H,12-15H2,1-2H3. The van der Waals surface area contributed by atoms with E-state index in [2.05, 4.69) is 10.2 Å². The largest absolute Gasteiger partial charge is 0.489 e. The number of nitrogens with zero attached hydrogens (tertiary/aromatic N) is 4. The minimum atomic E-state index is -0.412. The first-order valence-electron chi connectivity index (χ1n) is 9.22. The summed E-state index contributed by atoms with van der Waals surface area (Å²) in [6, 6.07) is 16.3. The Morgan fingerprint density at radius 2 is 1.86 bits per heavy atom. The summed E-state index contributed by atoms with van der Waals surface area (Å²) in [5, 5.41) is 9.04. The first-order valence-corrected chi connectivity index (χ1v) is 10.2. The molecule has 0 atom stereocenters. The number of halogens is 1. The minimum Gasteiger partial charge on any atom is -0.489 e. The maximum Gasteiger partial charge on any atom is 0.232 e. The van der Waals surface area contributed by atoms with Crippen LogP contribution in [0, 0.1) is 12.7 Å². The molecule has 3 rings (SSSR count). The van der Waals surface area contributed by atoms with E-state index in [1.165, 1.54) is 17.8 Å². The maximum absolute atomic E-state index is 13.6. The molecule has 8 heteroatoms. The Labute approximate surface area is 173 Å². The lowest BCUT2D eigenvalue weighted by molar-refractivity contribution is -0.127. The number of rotatable bonds is 9. The smallest absolute Gasteiger partial charge is 0.232 e. The average molecular weight is 415 g/mol. The van der Waals surface area contributed by atoms with E-state index in [-0.39, 0.29) is 24.0 Å². The van der Waals surface area contributed by atoms with Crippen LogP contribution in [0.5, 0.6) is 5.75 Å². The third kappa shape index (κ3) is 5.80. The number of hydrogen-bond acceptors (Lipinski definition) is 5. The Hall–Kier alpha value is -2.87. The quantitative estimate of drug-likeness (QED) is 0.502. The third-order valence-electron chi connectivity index (χ3n) is 4.36. The zero-order valence-corrected chi connectivity index (χ0v) is 17.2. The van der Waals surface area contributed by atoms with Gasteiger partial charge in [-0.2, -0.15) is 0 Å². The van der Waals surface area contributed by atoms with E-state index in [4.69, 9.17) is 4.74 Å². The fraction of sp³-hybridized carbons (Fsp3) is 0.286. The molecule has 29 heavy (non-hydrogen) atoms. The maximum atomic E-state index is 13.6. The monoisotopic (exact) mass is 414 g/mol. The molecule has 2 aromatic carbocycles. The molecule has 1 aromatic heterocycles. The van der Waals surface area contributed by atoms with Crippen LogP contribution in [0.25, 0.3) is 0 Å². The number of hydrogen-bond donors (Lipinski definition) is 0. The highest BCUT2D eigenvalue weighted by Gasteiger charge is 2.15. The molecule has 0 aliphatic carbocycles. The Morgan fingerprint density at radius 3 is 2.62 bits per heavy atom. The molecule has 0 spiro atoms. The molecule has 3 aromatic rings. The van der Waals surface area contributed by atoms with Crippen LogP contribution in [0.2, 0.25) is 0 Å². The summed E-state index contributed by atoms with van der Waals surface area (Å²) >= 11 is 1.35. The molecule has 152 valence electrons. The van der Waals surface area contributed by atoms with E-state index in [0.29, 0.717) is 18.2 Å². The van der Waals surface area contributed by atoms with Crippen LogP contribution in [0.15, 0.2) is 59.8 Å². The molecule has 0 bridgehead atoms. The molecule has 0 fully saturated rings. The molecule has 0 radical (unpaired) electrons. The van der Waals surface area contributed by atoms with E-state index in [1.807, 2.05) is 41.8 Å². The number of likely N-dealkylation sites (N-methyl/N-ethyl adjacent to an activating group) is 1. The van der Waals surface area contributed by atoms with E-state index in [1.54, 1.807) is 30.1 Å². The fourth-order valence-corrected chi connectivity index (χ4v) is 3.56. The molecule has 1 amide bonds. The summed E-state index contributed by atoms with van der Waals surface area (Å²) in [5.74, 6) is 0.759. The number of carbonyl (C=O) groups is 1. The number of carbonyl (C=O) groups excluding carboxylic acids is 1. The van der Waals surface area contributed by atoms with Crippen molar-refractivity contribution in [3.63, 3.8) is 0 Å². The lowest BCUT2D eigenvalue weighted by atomic mass is 10.2. The van der Waals surface area contributed by atoms with E-state index in [0.717, 1.165) is 11.4 Å². The normalized spacial score (nSPS) is 10.7. The van der Waals surface area contributed by atoms with Crippen molar-refractivity contribution < 1.29 is 13.9 Å². The molecule has 0 saturated heterocycles. The van der Waals surface area contributed by atoms with Gasteiger partial charge in [0.25, 0.3) is 0 Å². The lowest BCUT2D eigenvalue weighted by Crippen LogP contribution is -2.32. The van der Waals surface area contributed by atoms with Gasteiger partial charge < -0.3 is 14.2 Å². The Kier molecular flexibility index (Phi) is 7.24. The van der Waals surface area contributed by atoms with Crippen molar-refractivity contribution in [2.24, 2.45) is 0 Å². The van der Waals surface area contributed by atoms with Gasteiger partial charge in [-0.3, -0.25) is 4.79 Å². The molecule has 0 unspecified atom stereocenters. The minimum absolute atomic E-state index is 0.0564. The van der Waals surface area contributed by atoms with Crippen molar-refractivity contribution >= 4 is 17.7 Å². The number of amides is 1. The topological polar surface area (TPSA) is 60.3 Å². The molecule has 0 N–H and O–H groups in total. The van der Waals surface area contributed by atoms with Crippen molar-refractivity contribution in [1.82, 2.24) is 19.7 Å². The zero-order chi connectivity index (χ0) is 20.6. The predicted molar refractivity (Wildman–Crippen MR) is 111 cm³/mol. The van der Waals surface area contributed by atoms with E-state index in [9.17, 15) is 9.18 Å². The molecule has 1 heterocycles. The predicted octanol–water partition coefficient (Wildman–Crippen LogP) is 3.40. The van der Waals surface area contributed by atoms with Crippen molar-refractivity contribution in [1.29, 1.82) is 0 Å². The highest BCUT2D eigenvalue weighted by Crippen LogP contribution is 2.19. The van der Waals surface area contributed by atoms with Gasteiger partial charge >= 0.3 is 0 Å². The number of para-hydroxylation sites is 1. The van der Waals surface area contributed by atoms with Gasteiger partial charge in [-0.25, -0.2) is 4.39 Å². The van der Waals surface area contributed by atoms with E-state index >= 15 is 0 Å². The second kappa shape index (κ2) is 10.1. The van der Waals surface area contributed by atoms with Gasteiger partial charge in [0.2, 0.25) is 5.91 Å². The number of aromatic nitrogens is 3. The summed E-state index contributed by atoms with van der Waals surface area (Å²) in [7, 11) is 1.70. The van der Waals surface area contributed by atoms with Crippen molar-refractivity contribution in [3.05, 3.63) is 71.8 Å². The van der Waals surface area contributed by atoms with Crippen LogP contribution in [0.3, 0.4) is 0 Å². The highest BCUT2D eigenvalue weighted by atomic mass is 32.2. The summed E-state index contributed by atoms with van der Waals surface area (Å²) in [6.07, 6.45) is 0. The zero-order valence-electron chi connectivity index (χ0n) is 16.4. The van der Waals surface area contributed by atoms with Gasteiger partial charge in [-0.15, -0.1) is 10.2 Å². The molecular weight excluding hydrogens is 391 g/mol. The van der Waals surface area contributed by atoms with Crippen molar-refractivity contribution in [2.45, 2.75) is 18.6 Å². The summed E-state index contributed by atoms with van der Waals surface area (Å²) in [5.41, 5.74) is 1.14. The van der Waals surface area contributed by atoms with Crippen LogP contribution >= 0.6 is 11.8 Å². The SMILES string of the molecule is Cc1nnc(SCC(=O)N(C)CCOc2ccccc2F)n1Cc1ccccc1. The number of aryl methyl sites for hydroxylation is 1. The van der Waals surface area contributed by atoms with E-state index < -0.39 is 5.82 Å². The Morgan fingerprint density at radius 1 is 1.14 bits per heavy atom. The second-order valence-corrected chi connectivity index (χ2v) is 7.43. The van der Waals surface area contributed by atoms with Crippen LogP contribution in [-0.4, -0.2) is 51.5 Å². The van der Waals surface area contributed by atoms with Gasteiger partial charge in [0.15, 0.2) is 16.7 Å². The number of thioether (sulfide) groups is 1. The molecule has 6 nitrogen and oxygen atoms in total. The second-order valence-electron chi connectivity index (χ2n) is 6.48. The van der Waals surface area contributed by atoms with Gasteiger partial charge in [-0.05, 0) is 24.6 Å².